The van der Waals surface area contributed by atoms with E-state index in [4.69, 9.17) is 4.42 Å². The Morgan fingerprint density at radius 2 is 2.50 bits per heavy atom. The second kappa shape index (κ2) is 2.64. The molecular weight excluding hydrogens is 130 g/mol. The van der Waals surface area contributed by atoms with Crippen molar-refractivity contribution in [3.05, 3.63) is 17.8 Å². The number of rotatable bonds is 2. The lowest BCUT2D eigenvalue weighted by Crippen LogP contribution is -1.86. The molecule has 0 unspecified atom stereocenters. The molecular formula is C7H9NO2. The molecule has 0 aliphatic rings. The molecule has 0 saturated heterocycles. The number of carbonyl (C=O) groups is 1. The highest BCUT2D eigenvalue weighted by atomic mass is 16.4. The maximum atomic E-state index is 10.6. The van der Waals surface area contributed by atoms with Gasteiger partial charge in [-0.2, -0.15) is 0 Å². The molecule has 0 fully saturated rings. The predicted octanol–water partition coefficient (Wildman–Crippen LogP) is 1.44. The number of nitrogens with zero attached hydrogens (tertiary/aromatic N) is 1. The smallest absolute Gasteiger partial charge is 0.196 e. The van der Waals surface area contributed by atoms with Gasteiger partial charge in [0.2, 0.25) is 0 Å². The summed E-state index contributed by atoms with van der Waals surface area (Å²) >= 11 is 0. The number of Topliss-reactive ketones (excluding diaryl/α,β-unsaturated/α-hetero) is 1. The summed E-state index contributed by atoms with van der Waals surface area (Å²) in [5.74, 6) is 0.884. The van der Waals surface area contributed by atoms with Crippen molar-refractivity contribution in [2.24, 2.45) is 0 Å². The average Bonchev–Trinajstić information content (AvgIpc) is 2.34. The van der Waals surface area contributed by atoms with Crippen molar-refractivity contribution in [3.8, 4) is 0 Å². The summed E-state index contributed by atoms with van der Waals surface area (Å²) in [6.07, 6.45) is 2.19. The molecule has 3 heteroatoms. The molecule has 0 spiro atoms. The molecule has 0 aromatic carbocycles. The summed E-state index contributed by atoms with van der Waals surface area (Å²) < 4.78 is 5.03. The minimum atomic E-state index is -0.0767. The molecule has 54 valence electrons. The number of hydrogen-bond acceptors (Lipinski definition) is 3. The van der Waals surface area contributed by atoms with Gasteiger partial charge in [-0.15, -0.1) is 0 Å². The third-order valence-electron chi connectivity index (χ3n) is 1.20. The third-order valence-corrected chi connectivity index (χ3v) is 1.20. The van der Waals surface area contributed by atoms with Crippen molar-refractivity contribution in [2.75, 3.05) is 0 Å². The van der Waals surface area contributed by atoms with Crippen LogP contribution in [-0.4, -0.2) is 10.8 Å². The maximum absolute atomic E-state index is 10.6. The molecule has 0 aliphatic heterocycles. The standard InChI is InChI=1S/C7H9NO2/c1-3-7-8-4-6(10-7)5(2)9/h4H,3H2,1-2H3. The van der Waals surface area contributed by atoms with E-state index in [1.165, 1.54) is 13.1 Å². The van der Waals surface area contributed by atoms with Crippen LogP contribution in [0.3, 0.4) is 0 Å². The molecule has 0 radical (unpaired) electrons. The molecule has 0 N–H and O–H groups in total. The first-order chi connectivity index (χ1) is 4.74. The van der Waals surface area contributed by atoms with Crippen LogP contribution in [0.2, 0.25) is 0 Å². The van der Waals surface area contributed by atoms with E-state index >= 15 is 0 Å². The molecule has 0 bridgehead atoms. The van der Waals surface area contributed by atoms with E-state index in [1.54, 1.807) is 0 Å². The lowest BCUT2D eigenvalue weighted by Gasteiger charge is -1.84. The van der Waals surface area contributed by atoms with Crippen molar-refractivity contribution >= 4 is 5.78 Å². The van der Waals surface area contributed by atoms with Crippen LogP contribution in [0.15, 0.2) is 10.6 Å². The minimum absolute atomic E-state index is 0.0767. The Morgan fingerprint density at radius 3 is 2.80 bits per heavy atom. The first kappa shape index (κ1) is 6.99. The number of aromatic nitrogens is 1. The highest BCUT2D eigenvalue weighted by Gasteiger charge is 2.04. The molecule has 1 heterocycles. The van der Waals surface area contributed by atoms with Gasteiger partial charge in [0.05, 0.1) is 6.20 Å². The van der Waals surface area contributed by atoms with E-state index in [2.05, 4.69) is 4.98 Å². The van der Waals surface area contributed by atoms with Crippen LogP contribution in [0.4, 0.5) is 0 Å². The van der Waals surface area contributed by atoms with Crippen molar-refractivity contribution in [3.63, 3.8) is 0 Å². The van der Waals surface area contributed by atoms with Gasteiger partial charge in [-0.25, -0.2) is 4.98 Å². The van der Waals surface area contributed by atoms with Crippen molar-refractivity contribution in [1.82, 2.24) is 4.98 Å². The summed E-state index contributed by atoms with van der Waals surface area (Å²) in [4.78, 5) is 14.5. The molecule has 0 aliphatic carbocycles. The Bertz CT molecular complexity index is 240. The average molecular weight is 139 g/mol. The van der Waals surface area contributed by atoms with Crippen LogP contribution in [0.1, 0.15) is 30.3 Å². The van der Waals surface area contributed by atoms with Gasteiger partial charge in [0.15, 0.2) is 17.4 Å². The second-order valence-electron chi connectivity index (χ2n) is 2.03. The number of carbonyl (C=O) groups excluding carboxylic acids is 1. The van der Waals surface area contributed by atoms with Crippen LogP contribution in [0.5, 0.6) is 0 Å². The zero-order chi connectivity index (χ0) is 7.56. The highest BCUT2D eigenvalue weighted by Crippen LogP contribution is 2.03. The van der Waals surface area contributed by atoms with Crippen LogP contribution < -0.4 is 0 Å². The minimum Gasteiger partial charge on any atom is -0.438 e. The van der Waals surface area contributed by atoms with E-state index in [1.807, 2.05) is 6.92 Å². The van der Waals surface area contributed by atoms with Crippen LogP contribution in [0.25, 0.3) is 0 Å². The zero-order valence-corrected chi connectivity index (χ0v) is 6.05. The normalized spacial score (nSPS) is 9.80. The van der Waals surface area contributed by atoms with E-state index in [-0.39, 0.29) is 5.78 Å². The van der Waals surface area contributed by atoms with E-state index < -0.39 is 0 Å². The van der Waals surface area contributed by atoms with Gasteiger partial charge in [0, 0.05) is 13.3 Å². The van der Waals surface area contributed by atoms with Crippen LogP contribution in [-0.2, 0) is 6.42 Å². The monoisotopic (exact) mass is 139 g/mol. The van der Waals surface area contributed by atoms with Crippen molar-refractivity contribution < 1.29 is 9.21 Å². The van der Waals surface area contributed by atoms with E-state index in [0.717, 1.165) is 6.42 Å². The first-order valence-electron chi connectivity index (χ1n) is 3.19. The first-order valence-corrected chi connectivity index (χ1v) is 3.19. The fourth-order valence-electron chi connectivity index (χ4n) is 0.636. The Labute approximate surface area is 59.1 Å². The Kier molecular flexibility index (Phi) is 1.85. The fraction of sp³-hybridized carbons (Fsp3) is 0.429. The summed E-state index contributed by atoms with van der Waals surface area (Å²) in [7, 11) is 0. The Morgan fingerprint density at radius 1 is 1.80 bits per heavy atom. The Balaban J connectivity index is 2.88. The molecule has 1 aromatic heterocycles. The lowest BCUT2D eigenvalue weighted by atomic mass is 10.4. The second-order valence-corrected chi connectivity index (χ2v) is 2.03. The van der Waals surface area contributed by atoms with Crippen LogP contribution in [0, 0.1) is 0 Å². The molecule has 0 saturated carbocycles. The predicted molar refractivity (Wildman–Crippen MR) is 35.9 cm³/mol. The van der Waals surface area contributed by atoms with Crippen molar-refractivity contribution in [2.45, 2.75) is 20.3 Å². The SMILES string of the molecule is CCc1ncc(C(C)=O)o1. The van der Waals surface area contributed by atoms with Gasteiger partial charge < -0.3 is 4.42 Å². The molecule has 1 rings (SSSR count). The summed E-state index contributed by atoms with van der Waals surface area (Å²) in [5.41, 5.74) is 0. The van der Waals surface area contributed by atoms with Gasteiger partial charge >= 0.3 is 0 Å². The zero-order valence-electron chi connectivity index (χ0n) is 6.05. The van der Waals surface area contributed by atoms with Gasteiger partial charge in [0.25, 0.3) is 0 Å². The summed E-state index contributed by atoms with van der Waals surface area (Å²) in [6.45, 7) is 3.38. The van der Waals surface area contributed by atoms with Crippen molar-refractivity contribution in [1.29, 1.82) is 0 Å². The van der Waals surface area contributed by atoms with E-state index in [0.29, 0.717) is 11.7 Å². The van der Waals surface area contributed by atoms with Gasteiger partial charge in [-0.1, -0.05) is 6.92 Å². The number of oxazole rings is 1. The molecule has 3 nitrogen and oxygen atoms in total. The largest absolute Gasteiger partial charge is 0.438 e. The molecule has 0 atom stereocenters. The molecule has 0 amide bonds. The lowest BCUT2D eigenvalue weighted by molar-refractivity contribution is 0.0985. The number of hydrogen-bond donors (Lipinski definition) is 0. The Hall–Kier alpha value is -1.12. The van der Waals surface area contributed by atoms with Crippen LogP contribution >= 0.6 is 0 Å². The third kappa shape index (κ3) is 1.23. The molecule has 1 aromatic rings. The summed E-state index contributed by atoms with van der Waals surface area (Å²) in [6, 6.07) is 0. The van der Waals surface area contributed by atoms with Gasteiger partial charge in [-0.3, -0.25) is 4.79 Å². The maximum Gasteiger partial charge on any atom is 0.196 e. The fourth-order valence-corrected chi connectivity index (χ4v) is 0.636. The van der Waals surface area contributed by atoms with E-state index in [9.17, 15) is 4.79 Å². The number of ketones is 1. The topological polar surface area (TPSA) is 43.1 Å². The van der Waals surface area contributed by atoms with Gasteiger partial charge in [-0.05, 0) is 0 Å². The van der Waals surface area contributed by atoms with Gasteiger partial charge in [0.1, 0.15) is 0 Å². The molecule has 10 heavy (non-hydrogen) atoms. The quantitative estimate of drug-likeness (QED) is 0.582. The number of aryl methyl sites for hydroxylation is 1. The highest BCUT2D eigenvalue weighted by molar-refractivity contribution is 5.90. The summed E-state index contributed by atoms with van der Waals surface area (Å²) in [5, 5.41) is 0.